The first-order valence-corrected chi connectivity index (χ1v) is 13.1. The van der Waals surface area contributed by atoms with Gasteiger partial charge in [0.05, 0.1) is 15.3 Å². The molecule has 0 saturated heterocycles. The first-order valence-electron chi connectivity index (χ1n) is 11.4. The normalized spacial score (nSPS) is 12.7. The van der Waals surface area contributed by atoms with E-state index in [0.717, 1.165) is 13.1 Å². The van der Waals surface area contributed by atoms with Crippen LogP contribution in [0.5, 0.6) is 5.75 Å². The van der Waals surface area contributed by atoms with Gasteiger partial charge in [0.25, 0.3) is 5.91 Å². The Hall–Kier alpha value is -3.56. The van der Waals surface area contributed by atoms with Crippen LogP contribution in [0.2, 0.25) is 0 Å². The van der Waals surface area contributed by atoms with Crippen molar-refractivity contribution >= 4 is 21.5 Å². The molecule has 2 aromatic carbocycles. The summed E-state index contributed by atoms with van der Waals surface area (Å²) in [7, 11) is -3.38. The zero-order valence-corrected chi connectivity index (χ0v) is 20.7. The van der Waals surface area contributed by atoms with Crippen molar-refractivity contribution < 1.29 is 18.9 Å². The Morgan fingerprint density at radius 1 is 1.00 bits per heavy atom. The fraction of sp³-hybridized carbons (Fsp3) is 0.269. The molecule has 184 valence electrons. The molecule has 1 aromatic heterocycles. The Morgan fingerprint density at radius 2 is 1.74 bits per heavy atom. The number of amides is 2. The topological polar surface area (TPSA) is 112 Å². The van der Waals surface area contributed by atoms with E-state index in [9.17, 15) is 18.9 Å². The monoisotopic (exact) mass is 494 g/mol. The average molecular weight is 495 g/mol. The maximum Gasteiger partial charge on any atom is 0.286 e. The first kappa shape index (κ1) is 26.1. The Bertz CT molecular complexity index is 1280. The zero-order valence-electron chi connectivity index (χ0n) is 19.9. The van der Waals surface area contributed by atoms with Gasteiger partial charge in [-0.1, -0.05) is 44.2 Å². The summed E-state index contributed by atoms with van der Waals surface area (Å²) in [6.45, 7) is 6.91. The molecule has 0 aliphatic rings. The molecule has 2 amide bonds. The molecule has 0 bridgehead atoms. The molecule has 0 aliphatic carbocycles. The lowest BCUT2D eigenvalue weighted by atomic mass is 10.1. The summed E-state index contributed by atoms with van der Waals surface area (Å²) in [5.74, 6) is -1.51. The van der Waals surface area contributed by atoms with E-state index in [2.05, 4.69) is 19.6 Å². The number of pyridine rings is 1. The highest BCUT2D eigenvalue weighted by Gasteiger charge is 2.21. The smallest absolute Gasteiger partial charge is 0.286 e. The molecule has 0 unspecified atom stereocenters. The number of phenols is 1. The second-order valence-electron chi connectivity index (χ2n) is 7.88. The summed E-state index contributed by atoms with van der Waals surface area (Å²) in [5.41, 5.74) is 1.40. The van der Waals surface area contributed by atoms with Gasteiger partial charge < -0.3 is 15.3 Å². The van der Waals surface area contributed by atoms with Crippen molar-refractivity contribution in [1.29, 1.82) is 0 Å². The van der Waals surface area contributed by atoms with Crippen LogP contribution in [0.3, 0.4) is 0 Å². The van der Waals surface area contributed by atoms with Gasteiger partial charge in [-0.15, -0.1) is 0 Å². The van der Waals surface area contributed by atoms with Gasteiger partial charge in [0, 0.05) is 35.9 Å². The van der Waals surface area contributed by atoms with Gasteiger partial charge >= 0.3 is 0 Å². The van der Waals surface area contributed by atoms with Crippen molar-refractivity contribution in [3.05, 3.63) is 78.6 Å². The molecule has 0 spiro atoms. The van der Waals surface area contributed by atoms with Crippen molar-refractivity contribution in [3.8, 4) is 16.9 Å². The molecule has 9 heteroatoms. The quantitative estimate of drug-likeness (QED) is 0.446. The minimum atomic E-state index is -3.38. The van der Waals surface area contributed by atoms with Crippen LogP contribution in [0.1, 0.15) is 24.2 Å². The van der Waals surface area contributed by atoms with Crippen molar-refractivity contribution in [1.82, 2.24) is 15.2 Å². The number of carbonyl (C=O) groups excluding carboxylic acids is 2. The minimum absolute atomic E-state index is 0.0861. The van der Waals surface area contributed by atoms with E-state index in [1.54, 1.807) is 66.9 Å². The molecule has 0 radical (unpaired) electrons. The third kappa shape index (κ3) is 7.21. The maximum atomic E-state index is 13.9. The highest BCUT2D eigenvalue weighted by atomic mass is 32.2. The lowest BCUT2D eigenvalue weighted by Crippen LogP contribution is -2.37. The molecule has 3 rings (SSSR count). The van der Waals surface area contributed by atoms with Crippen LogP contribution in [0, 0.1) is 0 Å². The Balaban J connectivity index is 1.87. The molecule has 35 heavy (non-hydrogen) atoms. The van der Waals surface area contributed by atoms with Gasteiger partial charge in [-0.2, -0.15) is 4.36 Å². The molecule has 2 N–H and O–H groups in total. The summed E-state index contributed by atoms with van der Waals surface area (Å²) < 4.78 is 17.9. The number of hydrogen-bond donors (Lipinski definition) is 2. The van der Waals surface area contributed by atoms with Crippen LogP contribution in [0.4, 0.5) is 0 Å². The van der Waals surface area contributed by atoms with E-state index in [1.165, 1.54) is 6.20 Å². The van der Waals surface area contributed by atoms with Gasteiger partial charge in [0.2, 0.25) is 5.91 Å². The molecule has 1 heterocycles. The van der Waals surface area contributed by atoms with Gasteiger partial charge in [-0.25, -0.2) is 4.21 Å². The Morgan fingerprint density at radius 3 is 2.43 bits per heavy atom. The van der Waals surface area contributed by atoms with Crippen LogP contribution in [0.15, 0.2) is 82.3 Å². The zero-order chi connectivity index (χ0) is 25.3. The lowest BCUT2D eigenvalue weighted by molar-refractivity contribution is -0.118. The van der Waals surface area contributed by atoms with Crippen LogP contribution >= 0.6 is 0 Å². The highest BCUT2D eigenvalue weighted by molar-refractivity contribution is 7.94. The van der Waals surface area contributed by atoms with Crippen molar-refractivity contribution in [2.24, 2.45) is 4.36 Å². The SMILES string of the molecule is CCN(CC)CCNC(=O)C[S@@](=O)(=NC(=O)c1cncc(-c2cccc(O)c2)c1)c1ccccc1. The van der Waals surface area contributed by atoms with E-state index < -0.39 is 27.3 Å². The number of aromatic nitrogens is 1. The van der Waals surface area contributed by atoms with E-state index in [1.807, 2.05) is 13.8 Å². The second-order valence-corrected chi connectivity index (χ2v) is 10.1. The number of aromatic hydroxyl groups is 1. The summed E-state index contributed by atoms with van der Waals surface area (Å²) >= 11 is 0. The predicted octanol–water partition coefficient (Wildman–Crippen LogP) is 3.58. The molecule has 8 nitrogen and oxygen atoms in total. The number of likely N-dealkylation sites (N-methyl/N-ethyl adjacent to an activating group) is 1. The van der Waals surface area contributed by atoms with Crippen molar-refractivity contribution in [2.45, 2.75) is 18.7 Å². The van der Waals surface area contributed by atoms with Gasteiger partial charge in [-0.05, 0) is 49.0 Å². The molecular weight excluding hydrogens is 464 g/mol. The lowest BCUT2D eigenvalue weighted by Gasteiger charge is -2.18. The summed E-state index contributed by atoms with van der Waals surface area (Å²) in [5, 5.41) is 12.5. The Labute approximate surface area is 206 Å². The number of hydrogen-bond acceptors (Lipinski definition) is 6. The minimum Gasteiger partial charge on any atom is -0.508 e. The number of benzene rings is 2. The van der Waals surface area contributed by atoms with Gasteiger partial charge in [0.1, 0.15) is 11.5 Å². The number of nitrogens with zero attached hydrogens (tertiary/aromatic N) is 3. The van der Waals surface area contributed by atoms with Crippen LogP contribution in [-0.4, -0.2) is 62.9 Å². The predicted molar refractivity (Wildman–Crippen MR) is 137 cm³/mol. The molecule has 0 saturated carbocycles. The first-order chi connectivity index (χ1) is 16.8. The van der Waals surface area contributed by atoms with Crippen LogP contribution in [-0.2, 0) is 14.5 Å². The van der Waals surface area contributed by atoms with E-state index in [0.29, 0.717) is 29.1 Å². The van der Waals surface area contributed by atoms with Gasteiger partial charge in [-0.3, -0.25) is 14.6 Å². The molecule has 0 fully saturated rings. The molecule has 3 aromatic rings. The molecule has 1 atom stereocenters. The summed E-state index contributed by atoms with van der Waals surface area (Å²) in [6.07, 6.45) is 2.90. The van der Waals surface area contributed by atoms with Crippen molar-refractivity contribution in [3.63, 3.8) is 0 Å². The maximum absolute atomic E-state index is 13.9. The number of rotatable bonds is 10. The Kier molecular flexibility index (Phi) is 9.11. The average Bonchev–Trinajstić information content (AvgIpc) is 2.87. The number of carbonyl (C=O) groups is 2. The van der Waals surface area contributed by atoms with E-state index in [-0.39, 0.29) is 11.3 Å². The van der Waals surface area contributed by atoms with Gasteiger partial charge in [0.15, 0.2) is 0 Å². The third-order valence-corrected chi connectivity index (χ3v) is 7.60. The standard InChI is InChI=1S/C26H30N4O4S/c1-3-30(4-2)14-13-28-25(32)19-35(34,24-11-6-5-7-12-24)29-26(33)22-15-21(17-27-18-22)20-9-8-10-23(31)16-20/h5-12,15-18,31H,3-4,13-14,19H2,1-2H3,(H,28,32)/t35-/m0/s1. The highest BCUT2D eigenvalue weighted by Crippen LogP contribution is 2.24. The van der Waals surface area contributed by atoms with Crippen LogP contribution < -0.4 is 5.32 Å². The van der Waals surface area contributed by atoms with Crippen LogP contribution in [0.25, 0.3) is 11.1 Å². The number of nitrogens with one attached hydrogen (secondary N) is 1. The molecule has 0 aliphatic heterocycles. The second kappa shape index (κ2) is 12.2. The molecular formula is C26H30N4O4S. The summed E-state index contributed by atoms with van der Waals surface area (Å²) in [4.78, 5) is 32.3. The summed E-state index contributed by atoms with van der Waals surface area (Å²) in [6, 6.07) is 16.5. The number of phenolic OH excluding ortho intramolecular Hbond substituents is 1. The largest absolute Gasteiger partial charge is 0.508 e. The third-order valence-electron chi connectivity index (χ3n) is 5.48. The van der Waals surface area contributed by atoms with E-state index >= 15 is 0 Å². The fourth-order valence-corrected chi connectivity index (χ4v) is 5.26. The van der Waals surface area contributed by atoms with Crippen molar-refractivity contribution in [2.75, 3.05) is 31.9 Å². The van der Waals surface area contributed by atoms with E-state index in [4.69, 9.17) is 0 Å². The fourth-order valence-electron chi connectivity index (χ4n) is 3.51.